The zero-order valence-corrected chi connectivity index (χ0v) is 6.62. The van der Waals surface area contributed by atoms with Gasteiger partial charge in [0.15, 0.2) is 0 Å². The molecule has 1 aromatic rings. The predicted octanol–water partition coefficient (Wildman–Crippen LogP) is 2.05. The summed E-state index contributed by atoms with van der Waals surface area (Å²) in [7, 11) is 0. The Morgan fingerprint density at radius 3 is 3.09 bits per heavy atom. The van der Waals surface area contributed by atoms with Crippen molar-refractivity contribution in [2.24, 2.45) is 4.99 Å². The van der Waals surface area contributed by atoms with Crippen molar-refractivity contribution in [3.63, 3.8) is 0 Å². The van der Waals surface area contributed by atoms with Gasteiger partial charge in [0.1, 0.15) is 0 Å². The Morgan fingerprint density at radius 2 is 2.18 bits per heavy atom. The molecule has 0 aliphatic carbocycles. The van der Waals surface area contributed by atoms with E-state index in [1.165, 1.54) is 11.1 Å². The normalized spacial score (nSPS) is 21.4. The molecular weight excluding hydrogens is 134 g/mol. The summed E-state index contributed by atoms with van der Waals surface area (Å²) in [5, 5.41) is 0. The van der Waals surface area contributed by atoms with Gasteiger partial charge in [-0.25, -0.2) is 0 Å². The molecule has 0 N–H and O–H groups in total. The van der Waals surface area contributed by atoms with Gasteiger partial charge in [-0.2, -0.15) is 0 Å². The Morgan fingerprint density at radius 1 is 1.36 bits per heavy atom. The first-order valence-electron chi connectivity index (χ1n) is 3.97. The van der Waals surface area contributed by atoms with Gasteiger partial charge in [0.05, 0.1) is 6.04 Å². The van der Waals surface area contributed by atoms with Crippen molar-refractivity contribution in [1.82, 2.24) is 0 Å². The lowest BCUT2D eigenvalue weighted by atomic mass is 9.99. The molecule has 1 heteroatoms. The lowest BCUT2D eigenvalue weighted by Gasteiger charge is -2.14. The van der Waals surface area contributed by atoms with Gasteiger partial charge >= 0.3 is 0 Å². The summed E-state index contributed by atoms with van der Waals surface area (Å²) in [6.07, 6.45) is 3.07. The molecule has 0 bridgehead atoms. The maximum atomic E-state index is 4.35. The Hall–Kier alpha value is -1.11. The van der Waals surface area contributed by atoms with E-state index >= 15 is 0 Å². The van der Waals surface area contributed by atoms with Gasteiger partial charge in [-0.3, -0.25) is 4.99 Å². The average Bonchev–Trinajstić information content (AvgIpc) is 2.04. The van der Waals surface area contributed by atoms with Crippen LogP contribution in [0.25, 0.3) is 0 Å². The smallest absolute Gasteiger partial charge is 0.0512 e. The second-order valence-electron chi connectivity index (χ2n) is 3.03. The van der Waals surface area contributed by atoms with Crippen molar-refractivity contribution in [2.75, 3.05) is 0 Å². The fourth-order valence-corrected chi connectivity index (χ4v) is 1.42. The largest absolute Gasteiger partial charge is 0.289 e. The molecule has 1 aliphatic rings. The third kappa shape index (κ3) is 1.18. The summed E-state index contributed by atoms with van der Waals surface area (Å²) >= 11 is 0. The molecule has 0 radical (unpaired) electrons. The summed E-state index contributed by atoms with van der Waals surface area (Å²) in [5.74, 6) is 0. The van der Waals surface area contributed by atoms with E-state index in [0.717, 1.165) is 6.42 Å². The first-order valence-corrected chi connectivity index (χ1v) is 3.97. The Bertz CT molecular complexity index is 289. The number of benzene rings is 1. The number of hydrogen-bond donors (Lipinski definition) is 0. The van der Waals surface area contributed by atoms with Gasteiger partial charge in [0.2, 0.25) is 0 Å². The maximum Gasteiger partial charge on any atom is 0.0512 e. The average molecular weight is 145 g/mol. The second kappa shape index (κ2) is 2.50. The van der Waals surface area contributed by atoms with E-state index in [2.05, 4.69) is 36.2 Å². The van der Waals surface area contributed by atoms with Crippen molar-refractivity contribution >= 4 is 6.21 Å². The van der Waals surface area contributed by atoms with E-state index in [9.17, 15) is 0 Å². The Balaban J connectivity index is 2.46. The van der Waals surface area contributed by atoms with Crippen molar-refractivity contribution in [1.29, 1.82) is 0 Å². The molecule has 0 saturated carbocycles. The molecule has 2 rings (SSSR count). The van der Waals surface area contributed by atoms with Gasteiger partial charge in [0, 0.05) is 6.21 Å². The van der Waals surface area contributed by atoms with E-state index < -0.39 is 0 Å². The summed E-state index contributed by atoms with van der Waals surface area (Å²) in [4.78, 5) is 4.35. The monoisotopic (exact) mass is 145 g/mol. The molecule has 1 heterocycles. The van der Waals surface area contributed by atoms with Crippen LogP contribution in [0.15, 0.2) is 29.3 Å². The van der Waals surface area contributed by atoms with Crippen LogP contribution in [0, 0.1) is 0 Å². The fourth-order valence-electron chi connectivity index (χ4n) is 1.42. The highest BCUT2D eigenvalue weighted by Crippen LogP contribution is 2.14. The minimum Gasteiger partial charge on any atom is -0.289 e. The highest BCUT2D eigenvalue weighted by molar-refractivity contribution is 5.82. The molecule has 1 aliphatic heterocycles. The van der Waals surface area contributed by atoms with Crippen LogP contribution in [0.3, 0.4) is 0 Å². The Labute approximate surface area is 66.8 Å². The number of nitrogens with zero attached hydrogens (tertiary/aromatic N) is 1. The summed E-state index contributed by atoms with van der Waals surface area (Å²) in [6.45, 7) is 2.15. The van der Waals surface area contributed by atoms with Crippen LogP contribution in [0.2, 0.25) is 0 Å². The quantitative estimate of drug-likeness (QED) is 0.530. The Kier molecular flexibility index (Phi) is 1.50. The van der Waals surface area contributed by atoms with Crippen molar-refractivity contribution in [2.45, 2.75) is 19.4 Å². The van der Waals surface area contributed by atoms with Crippen LogP contribution in [0.5, 0.6) is 0 Å². The standard InChI is InChI=1S/C10H11N/c1-8-6-9-4-2-3-5-10(9)7-11-8/h2-5,7-8H,6H2,1H3/t8-/m0/s1. The zero-order chi connectivity index (χ0) is 7.68. The maximum absolute atomic E-state index is 4.35. The van der Waals surface area contributed by atoms with E-state index in [1.807, 2.05) is 6.21 Å². The lowest BCUT2D eigenvalue weighted by molar-refractivity contribution is 0.732. The number of hydrogen-bond acceptors (Lipinski definition) is 1. The van der Waals surface area contributed by atoms with Crippen molar-refractivity contribution < 1.29 is 0 Å². The topological polar surface area (TPSA) is 12.4 Å². The molecule has 0 spiro atoms. The van der Waals surface area contributed by atoms with Gasteiger partial charge in [-0.1, -0.05) is 24.3 Å². The number of aliphatic imine (C=N–C) groups is 1. The SMILES string of the molecule is C[C@H]1Cc2ccccc2C=N1. The number of rotatable bonds is 0. The fraction of sp³-hybridized carbons (Fsp3) is 0.300. The molecule has 11 heavy (non-hydrogen) atoms. The first kappa shape index (κ1) is 6.59. The zero-order valence-electron chi connectivity index (χ0n) is 6.62. The molecule has 1 atom stereocenters. The van der Waals surface area contributed by atoms with Gasteiger partial charge in [-0.05, 0) is 24.5 Å². The van der Waals surface area contributed by atoms with E-state index in [0.29, 0.717) is 6.04 Å². The summed E-state index contributed by atoms with van der Waals surface area (Å²) < 4.78 is 0. The third-order valence-electron chi connectivity index (χ3n) is 2.04. The second-order valence-corrected chi connectivity index (χ2v) is 3.03. The summed E-state index contributed by atoms with van der Waals surface area (Å²) in [5.41, 5.74) is 2.71. The molecule has 0 fully saturated rings. The number of fused-ring (bicyclic) bond motifs is 1. The molecule has 0 aromatic heterocycles. The first-order chi connectivity index (χ1) is 5.36. The molecule has 0 saturated heterocycles. The molecule has 56 valence electrons. The predicted molar refractivity (Wildman–Crippen MR) is 47.2 cm³/mol. The minimum atomic E-state index is 0.463. The van der Waals surface area contributed by atoms with Crippen LogP contribution in [-0.4, -0.2) is 12.3 Å². The molecule has 0 unspecified atom stereocenters. The van der Waals surface area contributed by atoms with E-state index in [1.54, 1.807) is 0 Å². The molecule has 0 amide bonds. The van der Waals surface area contributed by atoms with Crippen molar-refractivity contribution in [3.8, 4) is 0 Å². The van der Waals surface area contributed by atoms with Crippen LogP contribution in [-0.2, 0) is 6.42 Å². The van der Waals surface area contributed by atoms with E-state index in [-0.39, 0.29) is 0 Å². The minimum absolute atomic E-state index is 0.463. The van der Waals surface area contributed by atoms with E-state index in [4.69, 9.17) is 0 Å². The molecule has 1 aromatic carbocycles. The van der Waals surface area contributed by atoms with Crippen LogP contribution < -0.4 is 0 Å². The molecular formula is C10H11N. The highest BCUT2D eigenvalue weighted by atomic mass is 14.8. The molecule has 1 nitrogen and oxygen atoms in total. The highest BCUT2D eigenvalue weighted by Gasteiger charge is 2.08. The van der Waals surface area contributed by atoms with Gasteiger partial charge in [0.25, 0.3) is 0 Å². The van der Waals surface area contributed by atoms with Gasteiger partial charge in [-0.15, -0.1) is 0 Å². The van der Waals surface area contributed by atoms with Crippen LogP contribution in [0.1, 0.15) is 18.1 Å². The van der Waals surface area contributed by atoms with Crippen LogP contribution >= 0.6 is 0 Å². The lowest BCUT2D eigenvalue weighted by Crippen LogP contribution is -2.10. The van der Waals surface area contributed by atoms with Gasteiger partial charge < -0.3 is 0 Å². The van der Waals surface area contributed by atoms with Crippen LogP contribution in [0.4, 0.5) is 0 Å². The van der Waals surface area contributed by atoms with Crippen molar-refractivity contribution in [3.05, 3.63) is 35.4 Å². The third-order valence-corrected chi connectivity index (χ3v) is 2.04. The summed E-state index contributed by atoms with van der Waals surface area (Å²) in [6, 6.07) is 8.90.